The van der Waals surface area contributed by atoms with Crippen molar-refractivity contribution in [3.05, 3.63) is 63.3 Å². The molecule has 1 unspecified atom stereocenters. The van der Waals surface area contributed by atoms with Gasteiger partial charge < -0.3 is 24.2 Å². The number of amides is 1. The van der Waals surface area contributed by atoms with Gasteiger partial charge in [-0.1, -0.05) is 18.7 Å². The van der Waals surface area contributed by atoms with Crippen LogP contribution in [0.15, 0.2) is 42.2 Å². The van der Waals surface area contributed by atoms with Gasteiger partial charge in [-0.3, -0.25) is 9.59 Å². The molecule has 0 saturated carbocycles. The summed E-state index contributed by atoms with van der Waals surface area (Å²) >= 11 is 1.23. The number of ether oxygens (including phenoxy) is 3. The van der Waals surface area contributed by atoms with Gasteiger partial charge in [0.2, 0.25) is 5.78 Å². The summed E-state index contributed by atoms with van der Waals surface area (Å²) in [6, 6.07) is 4.34. The van der Waals surface area contributed by atoms with Crippen LogP contribution >= 0.6 is 11.3 Å². The molecule has 2 aromatic rings. The quantitative estimate of drug-likeness (QED) is 0.429. The van der Waals surface area contributed by atoms with Crippen LogP contribution in [0.2, 0.25) is 0 Å². The van der Waals surface area contributed by atoms with Crippen LogP contribution in [-0.2, 0) is 9.53 Å². The molecule has 0 radical (unpaired) electrons. The molecule has 1 amide bonds. The van der Waals surface area contributed by atoms with Gasteiger partial charge in [-0.05, 0) is 31.5 Å². The summed E-state index contributed by atoms with van der Waals surface area (Å²) in [5.41, 5.74) is 1.17. The van der Waals surface area contributed by atoms with Crippen molar-refractivity contribution in [2.24, 2.45) is 0 Å². The second kappa shape index (κ2) is 9.97. The molecule has 0 spiro atoms. The van der Waals surface area contributed by atoms with Crippen LogP contribution in [0.5, 0.6) is 11.5 Å². The maximum atomic E-state index is 13.5. The van der Waals surface area contributed by atoms with E-state index >= 15 is 0 Å². The highest BCUT2D eigenvalue weighted by molar-refractivity contribution is 7.14. The number of hydrogen-bond donors (Lipinski definition) is 1. The normalized spacial score (nSPS) is 15.9. The summed E-state index contributed by atoms with van der Waals surface area (Å²) in [7, 11) is 3.03. The highest BCUT2D eigenvalue weighted by atomic mass is 32.1. The Morgan fingerprint density at radius 1 is 1.31 bits per heavy atom. The van der Waals surface area contributed by atoms with Crippen molar-refractivity contribution >= 4 is 23.0 Å². The fourth-order valence-corrected chi connectivity index (χ4v) is 4.51. The zero-order chi connectivity index (χ0) is 23.4. The molecule has 9 heteroatoms. The van der Waals surface area contributed by atoms with Crippen LogP contribution < -0.4 is 9.47 Å². The Morgan fingerprint density at radius 2 is 2.06 bits per heavy atom. The third-order valence-electron chi connectivity index (χ3n) is 5.05. The number of aryl methyl sites for hydroxylation is 2. The topological polar surface area (TPSA) is 98.2 Å². The van der Waals surface area contributed by atoms with Crippen LogP contribution in [0.1, 0.15) is 32.0 Å². The lowest BCUT2D eigenvalue weighted by molar-refractivity contribution is -0.130. The van der Waals surface area contributed by atoms with Crippen LogP contribution in [0.25, 0.3) is 0 Å². The Labute approximate surface area is 190 Å². The summed E-state index contributed by atoms with van der Waals surface area (Å²) in [6.45, 7) is 7.91. The van der Waals surface area contributed by atoms with E-state index in [2.05, 4.69) is 11.6 Å². The van der Waals surface area contributed by atoms with E-state index in [0.29, 0.717) is 34.2 Å². The minimum Gasteiger partial charge on any atom is -0.503 e. The first-order chi connectivity index (χ1) is 15.3. The largest absolute Gasteiger partial charge is 0.503 e. The van der Waals surface area contributed by atoms with Crippen molar-refractivity contribution in [3.63, 3.8) is 0 Å². The van der Waals surface area contributed by atoms with Gasteiger partial charge in [0.15, 0.2) is 17.3 Å². The molecule has 32 heavy (non-hydrogen) atoms. The Hall–Kier alpha value is -3.17. The van der Waals surface area contributed by atoms with Crippen molar-refractivity contribution in [1.29, 1.82) is 0 Å². The molecule has 3 rings (SSSR count). The van der Waals surface area contributed by atoms with E-state index in [4.69, 9.17) is 14.2 Å². The molecule has 1 aromatic heterocycles. The number of methoxy groups -OCH3 is 2. The second-order valence-corrected chi connectivity index (χ2v) is 8.35. The van der Waals surface area contributed by atoms with Gasteiger partial charge in [-0.15, -0.1) is 11.3 Å². The van der Waals surface area contributed by atoms with Gasteiger partial charge in [-0.25, -0.2) is 4.98 Å². The van der Waals surface area contributed by atoms with Crippen molar-refractivity contribution in [2.45, 2.75) is 19.9 Å². The molecule has 170 valence electrons. The lowest BCUT2D eigenvalue weighted by Crippen LogP contribution is -2.34. The van der Waals surface area contributed by atoms with Gasteiger partial charge in [0.25, 0.3) is 5.91 Å². The van der Waals surface area contributed by atoms with Crippen molar-refractivity contribution in [2.75, 3.05) is 34.0 Å². The number of thiazole rings is 1. The highest BCUT2D eigenvalue weighted by Crippen LogP contribution is 2.42. The van der Waals surface area contributed by atoms with E-state index in [1.54, 1.807) is 38.1 Å². The first kappa shape index (κ1) is 23.5. The summed E-state index contributed by atoms with van der Waals surface area (Å²) < 4.78 is 16.2. The molecule has 1 atom stereocenters. The number of nitrogens with zero attached hydrogens (tertiary/aromatic N) is 2. The van der Waals surface area contributed by atoms with E-state index in [1.165, 1.54) is 30.5 Å². The number of aliphatic hydroxyl groups is 1. The average molecular weight is 459 g/mol. The van der Waals surface area contributed by atoms with Gasteiger partial charge in [0.1, 0.15) is 6.61 Å². The Bertz CT molecular complexity index is 1070. The first-order valence-electron chi connectivity index (χ1n) is 9.97. The number of ketones is 1. The number of benzene rings is 1. The molecule has 1 aliphatic heterocycles. The van der Waals surface area contributed by atoms with E-state index in [-0.39, 0.29) is 18.7 Å². The molecule has 2 heterocycles. The van der Waals surface area contributed by atoms with Gasteiger partial charge in [0.05, 0.1) is 40.9 Å². The predicted molar refractivity (Wildman–Crippen MR) is 121 cm³/mol. The molecular weight excluding hydrogens is 432 g/mol. The molecule has 0 saturated heterocycles. The van der Waals surface area contributed by atoms with E-state index in [9.17, 15) is 14.7 Å². The number of aliphatic hydroxyl groups excluding tert-OH is 1. The fraction of sp³-hybridized carbons (Fsp3) is 0.348. The zero-order valence-electron chi connectivity index (χ0n) is 18.5. The molecule has 1 aliphatic rings. The Morgan fingerprint density at radius 3 is 2.66 bits per heavy atom. The summed E-state index contributed by atoms with van der Waals surface area (Å²) in [5, 5.41) is 11.5. The van der Waals surface area contributed by atoms with Gasteiger partial charge in [0, 0.05) is 13.7 Å². The molecule has 1 N–H and O–H groups in total. The maximum Gasteiger partial charge on any atom is 0.290 e. The number of aromatic nitrogens is 1. The lowest BCUT2D eigenvalue weighted by Gasteiger charge is -2.27. The highest BCUT2D eigenvalue weighted by Gasteiger charge is 2.44. The first-order valence-corrected chi connectivity index (χ1v) is 10.8. The minimum atomic E-state index is -0.811. The maximum absolute atomic E-state index is 13.5. The smallest absolute Gasteiger partial charge is 0.290 e. The zero-order valence-corrected chi connectivity index (χ0v) is 19.3. The molecule has 0 aliphatic carbocycles. The van der Waals surface area contributed by atoms with Crippen molar-refractivity contribution in [3.8, 4) is 11.5 Å². The molecule has 0 bridgehead atoms. The average Bonchev–Trinajstić information content (AvgIpc) is 3.25. The SMILES string of the molecule is C=CCOc1ccc(C2C(C(=O)c3sc(C)nc3C)=C(O)C(=O)N2CCOC)cc1OC. The second-order valence-electron chi connectivity index (χ2n) is 7.14. The van der Waals surface area contributed by atoms with E-state index in [1.807, 2.05) is 0 Å². The van der Waals surface area contributed by atoms with E-state index in [0.717, 1.165) is 5.01 Å². The van der Waals surface area contributed by atoms with Crippen LogP contribution in [0, 0.1) is 13.8 Å². The Balaban J connectivity index is 2.11. The predicted octanol–water partition coefficient (Wildman–Crippen LogP) is 3.56. The van der Waals surface area contributed by atoms with Crippen LogP contribution in [-0.4, -0.2) is 60.7 Å². The Kier molecular flexibility index (Phi) is 7.32. The minimum absolute atomic E-state index is 0.0136. The number of carbonyl (C=O) groups excluding carboxylic acids is 2. The summed E-state index contributed by atoms with van der Waals surface area (Å²) in [4.78, 5) is 32.5. The van der Waals surface area contributed by atoms with Crippen molar-refractivity contribution < 1.29 is 28.9 Å². The number of Topliss-reactive ketones (excluding diaryl/α,β-unsaturated/α-hetero) is 1. The van der Waals surface area contributed by atoms with E-state index < -0.39 is 23.5 Å². The van der Waals surface area contributed by atoms with Crippen molar-refractivity contribution in [1.82, 2.24) is 9.88 Å². The standard InChI is InChI=1S/C23H26N2O6S/c1-6-10-31-16-8-7-15(12-17(16)30-5)19-18(20(26)22-13(2)24-14(3)32-22)21(27)23(28)25(19)9-11-29-4/h6-8,12,19,27H,1,9-11H2,2-5H3. The number of hydrogen-bond acceptors (Lipinski definition) is 8. The summed E-state index contributed by atoms with van der Waals surface area (Å²) in [6.07, 6.45) is 1.62. The molecular formula is C23H26N2O6S. The van der Waals surface area contributed by atoms with Crippen LogP contribution in [0.3, 0.4) is 0 Å². The van der Waals surface area contributed by atoms with Gasteiger partial charge >= 0.3 is 0 Å². The van der Waals surface area contributed by atoms with Crippen LogP contribution in [0.4, 0.5) is 0 Å². The monoisotopic (exact) mass is 458 g/mol. The lowest BCUT2D eigenvalue weighted by atomic mass is 9.94. The summed E-state index contributed by atoms with van der Waals surface area (Å²) in [5.74, 6) is -0.673. The molecule has 0 fully saturated rings. The molecule has 1 aromatic carbocycles. The van der Waals surface area contributed by atoms with Gasteiger partial charge in [-0.2, -0.15) is 0 Å². The fourth-order valence-electron chi connectivity index (χ4n) is 3.64. The third kappa shape index (κ3) is 4.39. The third-order valence-corrected chi connectivity index (χ3v) is 6.13. The number of rotatable bonds is 10. The molecule has 8 nitrogen and oxygen atoms in total. The number of carbonyl (C=O) groups is 2.